The van der Waals surface area contributed by atoms with Crippen molar-refractivity contribution in [2.75, 3.05) is 12.9 Å². The summed E-state index contributed by atoms with van der Waals surface area (Å²) in [7, 11) is 1.30. The summed E-state index contributed by atoms with van der Waals surface area (Å²) >= 11 is 1.47. The van der Waals surface area contributed by atoms with Crippen LogP contribution in [0, 0.1) is 5.92 Å². The molecule has 298 valence electrons. The first kappa shape index (κ1) is 40.1. The second-order valence-electron chi connectivity index (χ2n) is 13.9. The minimum Gasteiger partial charge on any atom is -0.508 e. The van der Waals surface area contributed by atoms with Gasteiger partial charge in [-0.15, -0.1) is 5.10 Å². The molecule has 0 radical (unpaired) electrons. The van der Waals surface area contributed by atoms with E-state index in [4.69, 9.17) is 14.2 Å². The van der Waals surface area contributed by atoms with Crippen LogP contribution in [0.1, 0.15) is 47.1 Å². The van der Waals surface area contributed by atoms with Gasteiger partial charge in [0.15, 0.2) is 6.29 Å². The molecule has 5 aromatic carbocycles. The number of aromatic nitrogens is 4. The van der Waals surface area contributed by atoms with Gasteiger partial charge in [-0.25, -0.2) is 9.59 Å². The highest BCUT2D eigenvalue weighted by Crippen LogP contribution is 2.43. The summed E-state index contributed by atoms with van der Waals surface area (Å²) in [4.78, 5) is 25.5. The van der Waals surface area contributed by atoms with Gasteiger partial charge in [-0.1, -0.05) is 122 Å². The summed E-state index contributed by atoms with van der Waals surface area (Å²) in [5.74, 6) is 0.102. The van der Waals surface area contributed by atoms with Crippen LogP contribution in [0.5, 0.6) is 5.75 Å². The number of amides is 2. The van der Waals surface area contributed by atoms with E-state index in [1.54, 1.807) is 28.9 Å². The normalized spacial score (nSPS) is 18.3. The summed E-state index contributed by atoms with van der Waals surface area (Å²) in [6.45, 7) is 2.27. The van der Waals surface area contributed by atoms with Crippen molar-refractivity contribution in [2.45, 2.75) is 56.2 Å². The predicted molar refractivity (Wildman–Crippen MR) is 218 cm³/mol. The number of thioether (sulfide) groups is 1. The van der Waals surface area contributed by atoms with E-state index in [-0.39, 0.29) is 37.0 Å². The van der Waals surface area contributed by atoms with E-state index >= 15 is 0 Å². The molecule has 0 spiro atoms. The minimum atomic E-state index is -0.845. The van der Waals surface area contributed by atoms with Gasteiger partial charge in [-0.05, 0) is 68.1 Å². The monoisotopic (exact) mass is 800 g/mol. The number of hydrogen-bond acceptors (Lipinski definition) is 11. The van der Waals surface area contributed by atoms with Crippen LogP contribution in [0.2, 0.25) is 0 Å². The average molecular weight is 801 g/mol. The fourth-order valence-electron chi connectivity index (χ4n) is 6.84. The number of methoxy groups -OCH3 is 1. The van der Waals surface area contributed by atoms with Crippen molar-refractivity contribution in [1.29, 1.82) is 0 Å². The molecule has 5 atom stereocenters. The third kappa shape index (κ3) is 9.72. The molecule has 13 nitrogen and oxygen atoms in total. The lowest BCUT2D eigenvalue weighted by molar-refractivity contribution is -0.268. The van der Waals surface area contributed by atoms with Crippen molar-refractivity contribution in [3.05, 3.63) is 155 Å². The highest BCUT2D eigenvalue weighted by atomic mass is 32.2. The number of phenolic OH excluding ortho intramolecular Hbond substituents is 1. The minimum absolute atomic E-state index is 0.0501. The lowest BCUT2D eigenvalue weighted by Gasteiger charge is -2.41. The van der Waals surface area contributed by atoms with Gasteiger partial charge in [0.05, 0.1) is 31.6 Å². The molecule has 2 heterocycles. The van der Waals surface area contributed by atoms with Gasteiger partial charge in [0.2, 0.25) is 5.16 Å². The number of tetrazole rings is 1. The smallest absolute Gasteiger partial charge is 0.328 e. The number of aliphatic hydroxyl groups is 1. The zero-order valence-electron chi connectivity index (χ0n) is 32.0. The topological polar surface area (TPSA) is 170 Å². The lowest BCUT2D eigenvalue weighted by atomic mass is 9.91. The van der Waals surface area contributed by atoms with Gasteiger partial charge < -0.3 is 35.1 Å². The number of carbonyl (C=O) groups is 2. The van der Waals surface area contributed by atoms with Gasteiger partial charge in [0.1, 0.15) is 11.8 Å². The second kappa shape index (κ2) is 18.9. The number of hydrogen-bond donors (Lipinski definition) is 4. The van der Waals surface area contributed by atoms with Crippen LogP contribution in [0.15, 0.2) is 133 Å². The number of esters is 1. The van der Waals surface area contributed by atoms with Crippen molar-refractivity contribution in [3.63, 3.8) is 0 Å². The molecule has 4 N–H and O–H groups in total. The van der Waals surface area contributed by atoms with E-state index in [0.29, 0.717) is 17.3 Å². The number of ether oxygens (including phenoxy) is 3. The maximum absolute atomic E-state index is 13.0. The molecule has 2 amide bonds. The van der Waals surface area contributed by atoms with E-state index in [1.807, 2.05) is 103 Å². The lowest BCUT2D eigenvalue weighted by Crippen LogP contribution is -2.47. The third-order valence-corrected chi connectivity index (χ3v) is 11.1. The first-order valence-corrected chi connectivity index (χ1v) is 19.8. The molecule has 1 saturated heterocycles. The highest BCUT2D eigenvalue weighted by Gasteiger charge is 2.38. The van der Waals surface area contributed by atoms with Crippen molar-refractivity contribution < 1.29 is 34.0 Å². The van der Waals surface area contributed by atoms with Crippen molar-refractivity contribution >= 4 is 23.8 Å². The molecule has 14 heteroatoms. The SMILES string of the molecule is COC(=O)[C@H](Cc1ccccc1)NC(=O)NCc1ccccc1-c1ccc([C@H]2O[C@@H](CSc3nnnn3-c3ccc(O)cc3)[C@@H](C)[C@@H](c3ccc(CO)cc3)O2)cc1. The Balaban J connectivity index is 1.06. The van der Waals surface area contributed by atoms with Crippen LogP contribution >= 0.6 is 11.8 Å². The maximum atomic E-state index is 13.0. The summed E-state index contributed by atoms with van der Waals surface area (Å²) in [6, 6.07) is 38.3. The molecule has 0 unspecified atom stereocenters. The molecule has 58 heavy (non-hydrogen) atoms. The Hall–Kier alpha value is -6.06. The van der Waals surface area contributed by atoms with Gasteiger partial charge in [-0.2, -0.15) is 4.68 Å². The number of urea groups is 1. The Morgan fingerprint density at radius 3 is 2.29 bits per heavy atom. The third-order valence-electron chi connectivity index (χ3n) is 10.1. The fraction of sp³-hybridized carbons (Fsp3) is 0.250. The van der Waals surface area contributed by atoms with Crippen LogP contribution in [0.4, 0.5) is 4.79 Å². The molecule has 0 bridgehead atoms. The zero-order chi connectivity index (χ0) is 40.4. The Kier molecular flexibility index (Phi) is 13.1. The van der Waals surface area contributed by atoms with Crippen LogP contribution in [-0.2, 0) is 38.6 Å². The number of nitrogens with one attached hydrogen (secondary N) is 2. The highest BCUT2D eigenvalue weighted by molar-refractivity contribution is 7.99. The molecule has 0 aliphatic carbocycles. The maximum Gasteiger partial charge on any atom is 0.328 e. The Morgan fingerprint density at radius 1 is 0.862 bits per heavy atom. The molecule has 1 aliphatic heterocycles. The van der Waals surface area contributed by atoms with Gasteiger partial charge in [0.25, 0.3) is 0 Å². The summed E-state index contributed by atoms with van der Waals surface area (Å²) in [6.07, 6.45) is -0.963. The average Bonchev–Trinajstić information content (AvgIpc) is 3.74. The number of aromatic hydroxyl groups is 1. The van der Waals surface area contributed by atoms with E-state index in [1.165, 1.54) is 18.9 Å². The van der Waals surface area contributed by atoms with Crippen molar-refractivity contribution in [3.8, 4) is 22.6 Å². The zero-order valence-corrected chi connectivity index (χ0v) is 32.8. The number of phenols is 1. The first-order valence-electron chi connectivity index (χ1n) is 18.8. The predicted octanol–water partition coefficient (Wildman–Crippen LogP) is 6.69. The largest absolute Gasteiger partial charge is 0.508 e. The van der Waals surface area contributed by atoms with E-state index < -0.39 is 24.3 Å². The Morgan fingerprint density at radius 2 is 1.57 bits per heavy atom. The number of benzene rings is 5. The van der Waals surface area contributed by atoms with E-state index in [2.05, 4.69) is 33.1 Å². The standard InChI is InChI=1S/C44H44N6O7S/c1-28-39(27-58-44-47-48-49-50(44)35-20-22-36(52)23-21-35)56-42(57-40(28)32-14-12-30(26-51)13-15-32)33-18-16-31(17-19-33)37-11-7-6-10-34(37)25-45-43(54)46-38(41(53)55-2)24-29-8-4-3-5-9-29/h3-23,28,38-40,42,51-52H,24-27H2,1-2H3,(H2,45,46,54)/t28-,38+,39+,40+,42+/m1/s1. The number of carbonyl (C=O) groups excluding carboxylic acids is 2. The van der Waals surface area contributed by atoms with Crippen LogP contribution in [0.3, 0.4) is 0 Å². The van der Waals surface area contributed by atoms with Crippen LogP contribution in [-0.4, -0.2) is 67.4 Å². The van der Waals surface area contributed by atoms with Gasteiger partial charge >= 0.3 is 12.0 Å². The molecule has 1 fully saturated rings. The molecular weight excluding hydrogens is 757 g/mol. The summed E-state index contributed by atoms with van der Waals surface area (Å²) in [5.41, 5.74) is 7.00. The molecule has 7 rings (SSSR count). The summed E-state index contributed by atoms with van der Waals surface area (Å²) in [5, 5.41) is 38.0. The molecular formula is C44H44N6O7S. The molecule has 1 aromatic heterocycles. The summed E-state index contributed by atoms with van der Waals surface area (Å²) < 4.78 is 20.0. The van der Waals surface area contributed by atoms with Crippen molar-refractivity contribution in [2.24, 2.45) is 5.92 Å². The second-order valence-corrected chi connectivity index (χ2v) is 14.9. The van der Waals surface area contributed by atoms with Crippen LogP contribution < -0.4 is 10.6 Å². The van der Waals surface area contributed by atoms with E-state index in [0.717, 1.165) is 44.6 Å². The molecule has 6 aromatic rings. The number of rotatable bonds is 14. The number of nitrogens with zero attached hydrogens (tertiary/aromatic N) is 4. The first-order chi connectivity index (χ1) is 28.3. The number of aliphatic hydroxyl groups excluding tert-OH is 1. The van der Waals surface area contributed by atoms with Gasteiger partial charge in [-0.3, -0.25) is 0 Å². The Bertz CT molecular complexity index is 2270. The quantitative estimate of drug-likeness (QED) is 0.0684. The fourth-order valence-corrected chi connectivity index (χ4v) is 7.89. The molecule has 1 aliphatic rings. The van der Waals surface area contributed by atoms with Crippen molar-refractivity contribution in [1.82, 2.24) is 30.8 Å². The Labute approximate surface area is 340 Å². The van der Waals surface area contributed by atoms with E-state index in [9.17, 15) is 19.8 Å². The van der Waals surface area contributed by atoms with Crippen LogP contribution in [0.25, 0.3) is 16.8 Å². The molecule has 0 saturated carbocycles. The van der Waals surface area contributed by atoms with Gasteiger partial charge in [0, 0.05) is 30.2 Å².